The number of carbonyl (C=O) groups excluding carboxylic acids is 3. The highest BCUT2D eigenvalue weighted by Crippen LogP contribution is 2.27. The summed E-state index contributed by atoms with van der Waals surface area (Å²) in [7, 11) is 0. The highest BCUT2D eigenvalue weighted by Gasteiger charge is 2.46. The molecule has 10 heteroatoms. The first kappa shape index (κ1) is 30.2. The van der Waals surface area contributed by atoms with Gasteiger partial charge < -0.3 is 31.5 Å². The first-order chi connectivity index (χ1) is 21.1. The van der Waals surface area contributed by atoms with Crippen molar-refractivity contribution in [3.05, 3.63) is 114 Å². The van der Waals surface area contributed by atoms with Gasteiger partial charge in [-0.05, 0) is 65.4 Å². The first-order valence-electron chi connectivity index (χ1n) is 14.3. The number of carboxylic acids is 1. The average molecular weight is 595 g/mol. The number of fused-ring (bicyclic) bond motifs is 1. The summed E-state index contributed by atoms with van der Waals surface area (Å²) in [4.78, 5) is 50.8. The van der Waals surface area contributed by atoms with Crippen LogP contribution >= 0.6 is 0 Å². The van der Waals surface area contributed by atoms with Crippen molar-refractivity contribution in [2.24, 2.45) is 5.73 Å². The van der Waals surface area contributed by atoms with Crippen LogP contribution in [0.4, 0.5) is 0 Å². The van der Waals surface area contributed by atoms with Crippen LogP contribution in [0.3, 0.4) is 0 Å². The number of carboxylic acid groups (broad SMARTS) is 1. The standard InChI is InChI=1S/C34H34N4O6/c1-34(25-15-14-23-9-5-6-10-24(23)20-25,38-28(39)18-13-21-7-3-2-4-8-21)33(43)36-29-30(40)37-31(29)44-26-16-11-22(12-17-26)19-27(35)32(41)42/h2-12,14-17,20,27,29,31H,13,18-19,35H2,1H3,(H,36,43)(H,37,40)(H,38,39)(H,41,42)/t27-,29-,31+,34+/m0/s1. The third-order valence-corrected chi connectivity index (χ3v) is 7.77. The molecule has 6 N–H and O–H groups in total. The Hall–Kier alpha value is -5.22. The van der Waals surface area contributed by atoms with Gasteiger partial charge in [-0.3, -0.25) is 19.2 Å². The molecule has 1 fully saturated rings. The Morgan fingerprint density at radius 1 is 0.932 bits per heavy atom. The molecular weight excluding hydrogens is 560 g/mol. The van der Waals surface area contributed by atoms with Crippen LogP contribution in [0.15, 0.2) is 97.1 Å². The smallest absolute Gasteiger partial charge is 0.320 e. The van der Waals surface area contributed by atoms with Crippen LogP contribution in [0.25, 0.3) is 10.8 Å². The maximum absolute atomic E-state index is 13.9. The maximum atomic E-state index is 13.9. The van der Waals surface area contributed by atoms with Crippen LogP contribution in [0.1, 0.15) is 30.0 Å². The lowest BCUT2D eigenvalue weighted by atomic mass is 9.88. The summed E-state index contributed by atoms with van der Waals surface area (Å²) < 4.78 is 5.90. The van der Waals surface area contributed by atoms with E-state index in [1.807, 2.05) is 66.7 Å². The molecule has 1 heterocycles. The van der Waals surface area contributed by atoms with Crippen LogP contribution in [-0.2, 0) is 37.6 Å². The topological polar surface area (TPSA) is 160 Å². The van der Waals surface area contributed by atoms with E-state index in [1.54, 1.807) is 37.3 Å². The number of amides is 3. The van der Waals surface area contributed by atoms with E-state index in [0.717, 1.165) is 16.3 Å². The van der Waals surface area contributed by atoms with Crippen molar-refractivity contribution in [2.75, 3.05) is 0 Å². The maximum Gasteiger partial charge on any atom is 0.320 e. The average Bonchev–Trinajstić information content (AvgIpc) is 3.03. The highest BCUT2D eigenvalue weighted by molar-refractivity contribution is 5.98. The predicted molar refractivity (Wildman–Crippen MR) is 164 cm³/mol. The molecule has 0 unspecified atom stereocenters. The second-order valence-corrected chi connectivity index (χ2v) is 11.0. The molecule has 1 saturated heterocycles. The molecule has 0 bridgehead atoms. The lowest BCUT2D eigenvalue weighted by Crippen LogP contribution is -2.73. The van der Waals surface area contributed by atoms with Gasteiger partial charge in [-0.2, -0.15) is 0 Å². The summed E-state index contributed by atoms with van der Waals surface area (Å²) in [5, 5.41) is 19.3. The molecule has 0 spiro atoms. The molecule has 3 amide bonds. The number of benzene rings is 4. The first-order valence-corrected chi connectivity index (χ1v) is 14.3. The SMILES string of the molecule is C[C@](NC(=O)CCc1ccccc1)(C(=O)N[C@H]1C(=O)N[C@@H]1Oc1ccc(C[C@H](N)C(=O)O)cc1)c1ccc2ccccc2c1. The largest absolute Gasteiger partial charge is 0.480 e. The number of β-lactam (4-membered cyclic amide) rings is 1. The van der Waals surface area contributed by atoms with Crippen LogP contribution in [0, 0.1) is 0 Å². The van der Waals surface area contributed by atoms with Gasteiger partial charge >= 0.3 is 5.97 Å². The lowest BCUT2D eigenvalue weighted by Gasteiger charge is -2.39. The number of rotatable bonds is 12. The fourth-order valence-corrected chi connectivity index (χ4v) is 5.08. The number of hydrogen-bond donors (Lipinski definition) is 5. The molecule has 4 aromatic carbocycles. The van der Waals surface area contributed by atoms with E-state index in [1.165, 1.54) is 0 Å². The molecule has 44 heavy (non-hydrogen) atoms. The number of aliphatic carboxylic acids is 1. The van der Waals surface area contributed by atoms with Crippen LogP contribution in [0.5, 0.6) is 5.75 Å². The summed E-state index contributed by atoms with van der Waals surface area (Å²) in [6, 6.07) is 27.5. The number of hydrogen-bond acceptors (Lipinski definition) is 6. The van der Waals surface area contributed by atoms with Gasteiger partial charge in [-0.1, -0.05) is 78.9 Å². The van der Waals surface area contributed by atoms with Gasteiger partial charge in [-0.25, -0.2) is 0 Å². The highest BCUT2D eigenvalue weighted by atomic mass is 16.5. The van der Waals surface area contributed by atoms with Crippen molar-refractivity contribution in [3.63, 3.8) is 0 Å². The zero-order valence-corrected chi connectivity index (χ0v) is 24.2. The Bertz CT molecular complexity index is 1680. The van der Waals surface area contributed by atoms with Crippen molar-refractivity contribution >= 4 is 34.5 Å². The van der Waals surface area contributed by atoms with E-state index in [9.17, 15) is 19.2 Å². The van der Waals surface area contributed by atoms with Crippen molar-refractivity contribution in [2.45, 2.75) is 50.0 Å². The van der Waals surface area contributed by atoms with E-state index in [2.05, 4.69) is 16.0 Å². The van der Waals surface area contributed by atoms with Gasteiger partial charge in [-0.15, -0.1) is 0 Å². The Kier molecular flexibility index (Phi) is 8.91. The molecular formula is C34H34N4O6. The Morgan fingerprint density at radius 3 is 2.30 bits per heavy atom. The van der Waals surface area contributed by atoms with Crippen LogP contribution < -0.4 is 26.4 Å². The Labute approximate surface area is 254 Å². The quantitative estimate of drug-likeness (QED) is 0.158. The molecule has 4 atom stereocenters. The minimum absolute atomic E-state index is 0.152. The summed E-state index contributed by atoms with van der Waals surface area (Å²) in [5.74, 6) is -1.98. The monoisotopic (exact) mass is 594 g/mol. The third kappa shape index (κ3) is 6.87. The summed E-state index contributed by atoms with van der Waals surface area (Å²) in [5.41, 5.74) is 6.39. The van der Waals surface area contributed by atoms with E-state index in [-0.39, 0.29) is 18.7 Å². The summed E-state index contributed by atoms with van der Waals surface area (Å²) in [6.45, 7) is 1.62. The number of nitrogens with one attached hydrogen (secondary N) is 3. The molecule has 0 radical (unpaired) electrons. The molecule has 1 aliphatic heterocycles. The number of ether oxygens (including phenoxy) is 1. The van der Waals surface area contributed by atoms with E-state index < -0.39 is 41.6 Å². The minimum atomic E-state index is -1.50. The van der Waals surface area contributed by atoms with Crippen molar-refractivity contribution in [3.8, 4) is 5.75 Å². The second-order valence-electron chi connectivity index (χ2n) is 11.0. The molecule has 1 aliphatic rings. The van der Waals surface area contributed by atoms with Crippen LogP contribution in [0.2, 0.25) is 0 Å². The summed E-state index contributed by atoms with van der Waals surface area (Å²) in [6.07, 6.45) is -0.0277. The Balaban J connectivity index is 1.32. The van der Waals surface area contributed by atoms with Gasteiger partial charge in [0.2, 0.25) is 12.1 Å². The van der Waals surface area contributed by atoms with Gasteiger partial charge in [0.25, 0.3) is 11.8 Å². The number of carbonyl (C=O) groups is 4. The Morgan fingerprint density at radius 2 is 1.61 bits per heavy atom. The van der Waals surface area contributed by atoms with Gasteiger partial charge in [0.1, 0.15) is 17.3 Å². The normalized spacial score (nSPS) is 17.8. The summed E-state index contributed by atoms with van der Waals surface area (Å²) >= 11 is 0. The van der Waals surface area contributed by atoms with Crippen molar-refractivity contribution in [1.82, 2.24) is 16.0 Å². The van der Waals surface area contributed by atoms with E-state index >= 15 is 0 Å². The molecule has 226 valence electrons. The molecule has 0 aromatic heterocycles. The fraction of sp³-hybridized carbons (Fsp3) is 0.235. The zero-order valence-electron chi connectivity index (χ0n) is 24.2. The lowest BCUT2D eigenvalue weighted by molar-refractivity contribution is -0.145. The fourth-order valence-electron chi connectivity index (χ4n) is 5.08. The van der Waals surface area contributed by atoms with Gasteiger partial charge in [0, 0.05) is 6.42 Å². The zero-order chi connectivity index (χ0) is 31.3. The van der Waals surface area contributed by atoms with Crippen molar-refractivity contribution in [1.29, 1.82) is 0 Å². The van der Waals surface area contributed by atoms with E-state index in [4.69, 9.17) is 15.6 Å². The van der Waals surface area contributed by atoms with Crippen molar-refractivity contribution < 1.29 is 29.0 Å². The second kappa shape index (κ2) is 13.0. The third-order valence-electron chi connectivity index (χ3n) is 7.77. The molecule has 10 nitrogen and oxygen atoms in total. The van der Waals surface area contributed by atoms with Crippen LogP contribution in [-0.4, -0.2) is 47.1 Å². The molecule has 5 rings (SSSR count). The van der Waals surface area contributed by atoms with Gasteiger partial charge in [0.15, 0.2) is 6.04 Å². The number of aryl methyl sites for hydroxylation is 1. The molecule has 4 aromatic rings. The molecule has 0 saturated carbocycles. The number of nitrogens with two attached hydrogens (primary N) is 1. The van der Waals surface area contributed by atoms with E-state index in [0.29, 0.717) is 23.3 Å². The minimum Gasteiger partial charge on any atom is -0.480 e. The molecule has 0 aliphatic carbocycles. The predicted octanol–water partition coefficient (Wildman–Crippen LogP) is 2.78. The van der Waals surface area contributed by atoms with Gasteiger partial charge in [0.05, 0.1) is 0 Å².